The van der Waals surface area contributed by atoms with Gasteiger partial charge >= 0.3 is 0 Å². The molecule has 1 atom stereocenters. The van der Waals surface area contributed by atoms with E-state index in [1.165, 1.54) is 5.56 Å². The molecule has 0 spiro atoms. The van der Waals surface area contributed by atoms with E-state index < -0.39 is 0 Å². The summed E-state index contributed by atoms with van der Waals surface area (Å²) in [4.78, 5) is 11.9. The number of benzene rings is 1. The standard InChI is InChI=1S/C16H24N2O2/c1-13(15-10-17-11-15)16(19)18-8-5-9-20-12-14-6-3-2-4-7-14/h2-4,6-7,13,15,17H,5,8-12H2,1H3,(H,18,19). The maximum Gasteiger partial charge on any atom is 0.223 e. The van der Waals surface area contributed by atoms with Gasteiger partial charge in [0.1, 0.15) is 0 Å². The van der Waals surface area contributed by atoms with Gasteiger partial charge in [-0.15, -0.1) is 0 Å². The topological polar surface area (TPSA) is 50.4 Å². The average Bonchev–Trinajstić information content (AvgIpc) is 2.41. The van der Waals surface area contributed by atoms with Crippen molar-refractivity contribution in [2.45, 2.75) is 20.0 Å². The largest absolute Gasteiger partial charge is 0.377 e. The highest BCUT2D eigenvalue weighted by molar-refractivity contribution is 5.78. The molecule has 4 nitrogen and oxygen atoms in total. The van der Waals surface area contributed by atoms with Gasteiger partial charge in [0.2, 0.25) is 5.91 Å². The van der Waals surface area contributed by atoms with Crippen molar-refractivity contribution < 1.29 is 9.53 Å². The predicted molar refractivity (Wildman–Crippen MR) is 79.2 cm³/mol. The van der Waals surface area contributed by atoms with Gasteiger partial charge in [0.25, 0.3) is 0 Å². The Bertz CT molecular complexity index is 404. The molecule has 1 fully saturated rings. The second kappa shape index (κ2) is 8.02. The molecule has 0 saturated carbocycles. The smallest absolute Gasteiger partial charge is 0.223 e. The van der Waals surface area contributed by atoms with Crippen LogP contribution in [0, 0.1) is 11.8 Å². The number of amides is 1. The molecule has 0 bridgehead atoms. The summed E-state index contributed by atoms with van der Waals surface area (Å²) in [5, 5.41) is 6.18. The number of ether oxygens (including phenoxy) is 1. The van der Waals surface area contributed by atoms with Crippen LogP contribution in [-0.4, -0.2) is 32.1 Å². The molecule has 2 N–H and O–H groups in total. The molecule has 1 saturated heterocycles. The molecule has 110 valence electrons. The highest BCUT2D eigenvalue weighted by atomic mass is 16.5. The first kappa shape index (κ1) is 15.0. The van der Waals surface area contributed by atoms with Crippen molar-refractivity contribution in [3.63, 3.8) is 0 Å². The van der Waals surface area contributed by atoms with Gasteiger partial charge in [0.15, 0.2) is 0 Å². The molecule has 1 aliphatic heterocycles. The van der Waals surface area contributed by atoms with E-state index in [1.807, 2.05) is 25.1 Å². The molecule has 0 aliphatic carbocycles. The van der Waals surface area contributed by atoms with Crippen LogP contribution in [0.15, 0.2) is 30.3 Å². The van der Waals surface area contributed by atoms with Crippen molar-refractivity contribution >= 4 is 5.91 Å². The van der Waals surface area contributed by atoms with Crippen molar-refractivity contribution in [3.05, 3.63) is 35.9 Å². The number of hydrogen-bond acceptors (Lipinski definition) is 3. The molecule has 4 heteroatoms. The quantitative estimate of drug-likeness (QED) is 0.709. The van der Waals surface area contributed by atoms with E-state index in [0.29, 0.717) is 25.7 Å². The minimum atomic E-state index is 0.112. The van der Waals surface area contributed by atoms with Crippen LogP contribution in [0.2, 0.25) is 0 Å². The molecular formula is C16H24N2O2. The molecule has 1 aromatic carbocycles. The van der Waals surface area contributed by atoms with Crippen LogP contribution in [0.3, 0.4) is 0 Å². The van der Waals surface area contributed by atoms with Crippen molar-refractivity contribution in [2.75, 3.05) is 26.2 Å². The highest BCUT2D eigenvalue weighted by Gasteiger charge is 2.28. The van der Waals surface area contributed by atoms with Gasteiger partial charge in [0.05, 0.1) is 6.61 Å². The Labute approximate surface area is 120 Å². The fourth-order valence-electron chi connectivity index (χ4n) is 2.19. The fraction of sp³-hybridized carbons (Fsp3) is 0.562. The number of carbonyl (C=O) groups is 1. The van der Waals surface area contributed by atoms with E-state index in [-0.39, 0.29) is 11.8 Å². The zero-order valence-electron chi connectivity index (χ0n) is 12.1. The van der Waals surface area contributed by atoms with E-state index >= 15 is 0 Å². The summed E-state index contributed by atoms with van der Waals surface area (Å²) in [5.74, 6) is 0.783. The molecule has 2 rings (SSSR count). The maximum absolute atomic E-state index is 11.9. The minimum Gasteiger partial charge on any atom is -0.377 e. The Kier molecular flexibility index (Phi) is 6.02. The lowest BCUT2D eigenvalue weighted by Gasteiger charge is -2.31. The van der Waals surface area contributed by atoms with E-state index in [1.54, 1.807) is 0 Å². The third-order valence-corrected chi connectivity index (χ3v) is 3.81. The van der Waals surface area contributed by atoms with Crippen LogP contribution >= 0.6 is 0 Å². The van der Waals surface area contributed by atoms with Gasteiger partial charge in [-0.05, 0) is 31.0 Å². The van der Waals surface area contributed by atoms with Gasteiger partial charge in [-0.1, -0.05) is 37.3 Å². The molecule has 0 radical (unpaired) electrons. The summed E-state index contributed by atoms with van der Waals surface area (Å²) >= 11 is 0. The predicted octanol–water partition coefficient (Wildman–Crippen LogP) is 1.56. The van der Waals surface area contributed by atoms with Gasteiger partial charge in [-0.2, -0.15) is 0 Å². The first-order valence-corrected chi connectivity index (χ1v) is 7.37. The normalized spacial score (nSPS) is 16.4. The number of rotatable bonds is 8. The Morgan fingerprint density at radius 2 is 2.15 bits per heavy atom. The van der Waals surface area contributed by atoms with Crippen LogP contribution in [0.1, 0.15) is 18.9 Å². The fourth-order valence-corrected chi connectivity index (χ4v) is 2.19. The Hall–Kier alpha value is -1.39. The van der Waals surface area contributed by atoms with Crippen LogP contribution < -0.4 is 10.6 Å². The van der Waals surface area contributed by atoms with Gasteiger partial charge < -0.3 is 15.4 Å². The summed E-state index contributed by atoms with van der Waals surface area (Å²) in [5.41, 5.74) is 1.18. The molecule has 1 aromatic rings. The number of hydrogen-bond donors (Lipinski definition) is 2. The van der Waals surface area contributed by atoms with Crippen LogP contribution in [0.25, 0.3) is 0 Å². The van der Waals surface area contributed by atoms with Crippen LogP contribution in [0.4, 0.5) is 0 Å². The second-order valence-corrected chi connectivity index (χ2v) is 5.39. The lowest BCUT2D eigenvalue weighted by molar-refractivity contribution is -0.126. The zero-order chi connectivity index (χ0) is 14.2. The number of nitrogens with one attached hydrogen (secondary N) is 2. The summed E-state index contributed by atoms with van der Waals surface area (Å²) in [6, 6.07) is 10.1. The van der Waals surface area contributed by atoms with E-state index in [2.05, 4.69) is 22.8 Å². The Morgan fingerprint density at radius 3 is 2.80 bits per heavy atom. The minimum absolute atomic E-state index is 0.112. The van der Waals surface area contributed by atoms with Crippen LogP contribution in [-0.2, 0) is 16.1 Å². The third kappa shape index (κ3) is 4.62. The molecule has 0 aromatic heterocycles. The first-order valence-electron chi connectivity index (χ1n) is 7.37. The van der Waals surface area contributed by atoms with E-state index in [4.69, 9.17) is 4.74 Å². The highest BCUT2D eigenvalue weighted by Crippen LogP contribution is 2.15. The lowest BCUT2D eigenvalue weighted by Crippen LogP contribution is -2.49. The third-order valence-electron chi connectivity index (χ3n) is 3.81. The summed E-state index contributed by atoms with van der Waals surface area (Å²) in [7, 11) is 0. The lowest BCUT2D eigenvalue weighted by atomic mass is 9.88. The molecular weight excluding hydrogens is 252 g/mol. The Balaban J connectivity index is 1.50. The van der Waals surface area contributed by atoms with Crippen LogP contribution in [0.5, 0.6) is 0 Å². The molecule has 1 heterocycles. The molecule has 1 unspecified atom stereocenters. The van der Waals surface area contributed by atoms with Gasteiger partial charge in [-0.3, -0.25) is 4.79 Å². The van der Waals surface area contributed by atoms with Gasteiger partial charge in [-0.25, -0.2) is 0 Å². The van der Waals surface area contributed by atoms with Crippen molar-refractivity contribution in [3.8, 4) is 0 Å². The van der Waals surface area contributed by atoms with E-state index in [9.17, 15) is 4.79 Å². The second-order valence-electron chi connectivity index (χ2n) is 5.39. The summed E-state index contributed by atoms with van der Waals surface area (Å²) < 4.78 is 5.58. The average molecular weight is 276 g/mol. The first-order chi connectivity index (χ1) is 9.77. The summed E-state index contributed by atoms with van der Waals surface area (Å²) in [6.07, 6.45) is 0.855. The number of carbonyl (C=O) groups excluding carboxylic acids is 1. The van der Waals surface area contributed by atoms with Crippen molar-refractivity contribution in [1.82, 2.24) is 10.6 Å². The molecule has 1 amide bonds. The van der Waals surface area contributed by atoms with Gasteiger partial charge in [0, 0.05) is 19.1 Å². The monoisotopic (exact) mass is 276 g/mol. The summed E-state index contributed by atoms with van der Waals surface area (Å²) in [6.45, 7) is 5.95. The maximum atomic E-state index is 11.9. The van der Waals surface area contributed by atoms with E-state index in [0.717, 1.165) is 19.5 Å². The molecule has 1 aliphatic rings. The van der Waals surface area contributed by atoms with Crippen molar-refractivity contribution in [1.29, 1.82) is 0 Å². The van der Waals surface area contributed by atoms with Crippen molar-refractivity contribution in [2.24, 2.45) is 11.8 Å². The zero-order valence-corrected chi connectivity index (χ0v) is 12.1. The SMILES string of the molecule is CC(C(=O)NCCCOCc1ccccc1)C1CNC1. The Morgan fingerprint density at radius 1 is 1.40 bits per heavy atom. The molecule has 20 heavy (non-hydrogen) atoms.